The summed E-state index contributed by atoms with van der Waals surface area (Å²) in [5, 5.41) is 7.51. The maximum absolute atomic E-state index is 12.4. The molecule has 1 aliphatic heterocycles. The fraction of sp³-hybridized carbons (Fsp3) is 0.500. The van der Waals surface area contributed by atoms with Crippen LogP contribution in [0.5, 0.6) is 0 Å². The van der Waals surface area contributed by atoms with Crippen molar-refractivity contribution in [3.05, 3.63) is 23.2 Å². The van der Waals surface area contributed by atoms with Gasteiger partial charge in [0.05, 0.1) is 15.2 Å². The molecule has 1 aliphatic carbocycles. The molecule has 2 aliphatic rings. The van der Waals surface area contributed by atoms with E-state index in [1.165, 1.54) is 4.70 Å². The Morgan fingerprint density at radius 2 is 2.24 bits per heavy atom. The predicted molar refractivity (Wildman–Crippen MR) is 85.6 cm³/mol. The highest BCUT2D eigenvalue weighted by molar-refractivity contribution is 7.18. The number of fused-ring (bicyclic) bond motifs is 1. The second-order valence-electron chi connectivity index (χ2n) is 6.27. The van der Waals surface area contributed by atoms with Crippen LogP contribution in [0.25, 0.3) is 10.2 Å². The van der Waals surface area contributed by atoms with Gasteiger partial charge in [-0.15, -0.1) is 11.3 Å². The quantitative estimate of drug-likeness (QED) is 0.896. The molecule has 1 unspecified atom stereocenters. The number of carbonyl (C=O) groups is 1. The van der Waals surface area contributed by atoms with Crippen LogP contribution in [-0.4, -0.2) is 24.0 Å². The highest BCUT2D eigenvalue weighted by Crippen LogP contribution is 2.58. The zero-order valence-corrected chi connectivity index (χ0v) is 12.9. The number of piperidine rings is 1. The lowest BCUT2D eigenvalue weighted by Crippen LogP contribution is -2.31. The summed E-state index contributed by atoms with van der Waals surface area (Å²) in [6.45, 7) is 4.11. The lowest BCUT2D eigenvalue weighted by molar-refractivity contribution is -0.118. The van der Waals surface area contributed by atoms with Gasteiger partial charge in [-0.2, -0.15) is 0 Å². The van der Waals surface area contributed by atoms with E-state index in [0.29, 0.717) is 0 Å². The summed E-state index contributed by atoms with van der Waals surface area (Å²) < 4.78 is 1.17. The molecule has 2 N–H and O–H groups in total. The molecule has 1 saturated carbocycles. The zero-order chi connectivity index (χ0) is 14.4. The number of anilines is 1. The van der Waals surface area contributed by atoms with Crippen LogP contribution in [0.4, 0.5) is 5.69 Å². The fourth-order valence-corrected chi connectivity index (χ4v) is 4.35. The molecular formula is C16H19N3OS. The van der Waals surface area contributed by atoms with E-state index >= 15 is 0 Å². The number of amides is 1. The normalized spacial score (nSPS) is 23.4. The second kappa shape index (κ2) is 4.78. The van der Waals surface area contributed by atoms with Gasteiger partial charge in [0.25, 0.3) is 0 Å². The van der Waals surface area contributed by atoms with Crippen LogP contribution in [0.3, 0.4) is 0 Å². The molecule has 5 heteroatoms. The predicted octanol–water partition coefficient (Wildman–Crippen LogP) is 2.93. The largest absolute Gasteiger partial charge is 0.326 e. The van der Waals surface area contributed by atoms with Crippen LogP contribution in [0, 0.1) is 18.3 Å². The average Bonchev–Trinajstić information content (AvgIpc) is 3.02. The first-order chi connectivity index (χ1) is 10.2. The van der Waals surface area contributed by atoms with Gasteiger partial charge in [0.15, 0.2) is 0 Å². The first kappa shape index (κ1) is 13.2. The Morgan fingerprint density at radius 3 is 3.05 bits per heavy atom. The Kier molecular flexibility index (Phi) is 3.01. The molecule has 2 fully saturated rings. The number of hydrogen-bond donors (Lipinski definition) is 2. The molecule has 1 spiro atoms. The van der Waals surface area contributed by atoms with E-state index < -0.39 is 0 Å². The molecular weight excluding hydrogens is 282 g/mol. The van der Waals surface area contributed by atoms with Crippen molar-refractivity contribution in [2.45, 2.75) is 26.2 Å². The van der Waals surface area contributed by atoms with Crippen molar-refractivity contribution in [2.75, 3.05) is 18.4 Å². The Labute approximate surface area is 128 Å². The molecule has 21 heavy (non-hydrogen) atoms. The molecule has 1 atom stereocenters. The van der Waals surface area contributed by atoms with Gasteiger partial charge in [0.2, 0.25) is 5.91 Å². The van der Waals surface area contributed by atoms with E-state index in [-0.39, 0.29) is 17.2 Å². The lowest BCUT2D eigenvalue weighted by Gasteiger charge is -2.23. The number of thiazole rings is 1. The van der Waals surface area contributed by atoms with Gasteiger partial charge in [0, 0.05) is 11.6 Å². The van der Waals surface area contributed by atoms with Crippen LogP contribution in [-0.2, 0) is 4.79 Å². The summed E-state index contributed by atoms with van der Waals surface area (Å²) in [5.41, 5.74) is 2.13. The van der Waals surface area contributed by atoms with Gasteiger partial charge in [-0.05, 0) is 62.9 Å². The molecule has 4 rings (SSSR count). The minimum Gasteiger partial charge on any atom is -0.326 e. The Bertz CT molecular complexity index is 703. The first-order valence-electron chi connectivity index (χ1n) is 7.55. The minimum absolute atomic E-state index is 0.184. The second-order valence-corrected chi connectivity index (χ2v) is 7.51. The van der Waals surface area contributed by atoms with Crippen LogP contribution >= 0.6 is 11.3 Å². The van der Waals surface area contributed by atoms with Crippen molar-refractivity contribution in [3.8, 4) is 0 Å². The molecule has 1 aromatic heterocycles. The van der Waals surface area contributed by atoms with E-state index in [2.05, 4.69) is 15.6 Å². The van der Waals surface area contributed by atoms with Gasteiger partial charge >= 0.3 is 0 Å². The third-order valence-electron chi connectivity index (χ3n) is 4.87. The SMILES string of the molecule is Cc1nc2cc(NC(=O)C3CC34CCNCC4)ccc2s1. The van der Waals surface area contributed by atoms with E-state index in [9.17, 15) is 4.79 Å². The number of rotatable bonds is 2. The highest BCUT2D eigenvalue weighted by atomic mass is 32.1. The molecule has 110 valence electrons. The molecule has 0 bridgehead atoms. The smallest absolute Gasteiger partial charge is 0.228 e. The topological polar surface area (TPSA) is 54.0 Å². The van der Waals surface area contributed by atoms with Crippen molar-refractivity contribution in [3.63, 3.8) is 0 Å². The molecule has 1 amide bonds. The van der Waals surface area contributed by atoms with Crippen molar-refractivity contribution in [1.29, 1.82) is 0 Å². The van der Waals surface area contributed by atoms with Crippen molar-refractivity contribution < 1.29 is 4.79 Å². The van der Waals surface area contributed by atoms with Gasteiger partial charge < -0.3 is 10.6 Å². The molecule has 4 nitrogen and oxygen atoms in total. The third-order valence-corrected chi connectivity index (χ3v) is 5.82. The summed E-state index contributed by atoms with van der Waals surface area (Å²) in [4.78, 5) is 16.9. The molecule has 0 radical (unpaired) electrons. The average molecular weight is 301 g/mol. The number of hydrogen-bond acceptors (Lipinski definition) is 4. The Hall–Kier alpha value is -1.46. The number of carbonyl (C=O) groups excluding carboxylic acids is 1. The van der Waals surface area contributed by atoms with Gasteiger partial charge in [0.1, 0.15) is 0 Å². The third kappa shape index (κ3) is 2.34. The maximum Gasteiger partial charge on any atom is 0.228 e. The number of aromatic nitrogens is 1. The van der Waals surface area contributed by atoms with E-state index in [4.69, 9.17) is 0 Å². The van der Waals surface area contributed by atoms with Crippen LogP contribution in [0.1, 0.15) is 24.3 Å². The van der Waals surface area contributed by atoms with Gasteiger partial charge in [-0.1, -0.05) is 0 Å². The van der Waals surface area contributed by atoms with Crippen LogP contribution in [0.15, 0.2) is 18.2 Å². The standard InChI is InChI=1S/C16H19N3OS/c1-10-18-13-8-11(2-3-14(13)21-10)19-15(20)12-9-16(12)4-6-17-7-5-16/h2-3,8,12,17H,4-7,9H2,1H3,(H,19,20). The van der Waals surface area contributed by atoms with Crippen molar-refractivity contribution >= 4 is 33.1 Å². The number of aryl methyl sites for hydroxylation is 1. The van der Waals surface area contributed by atoms with Gasteiger partial charge in [-0.3, -0.25) is 4.79 Å². The van der Waals surface area contributed by atoms with Crippen LogP contribution < -0.4 is 10.6 Å². The van der Waals surface area contributed by atoms with E-state index in [1.54, 1.807) is 11.3 Å². The fourth-order valence-electron chi connectivity index (χ4n) is 3.55. The van der Waals surface area contributed by atoms with Crippen molar-refractivity contribution in [2.24, 2.45) is 11.3 Å². The van der Waals surface area contributed by atoms with Gasteiger partial charge in [-0.25, -0.2) is 4.98 Å². The molecule has 2 aromatic rings. The molecule has 1 aromatic carbocycles. The zero-order valence-electron chi connectivity index (χ0n) is 12.1. The summed E-state index contributed by atoms with van der Waals surface area (Å²) in [6.07, 6.45) is 3.32. The maximum atomic E-state index is 12.4. The summed E-state index contributed by atoms with van der Waals surface area (Å²) in [5.74, 6) is 0.385. The lowest BCUT2D eigenvalue weighted by atomic mass is 9.92. The number of benzene rings is 1. The summed E-state index contributed by atoms with van der Waals surface area (Å²) >= 11 is 1.69. The number of nitrogens with zero attached hydrogens (tertiary/aromatic N) is 1. The van der Waals surface area contributed by atoms with E-state index in [0.717, 1.165) is 48.6 Å². The first-order valence-corrected chi connectivity index (χ1v) is 8.37. The van der Waals surface area contributed by atoms with Crippen LogP contribution in [0.2, 0.25) is 0 Å². The summed E-state index contributed by atoms with van der Waals surface area (Å²) in [6, 6.07) is 6.01. The van der Waals surface area contributed by atoms with Crippen molar-refractivity contribution in [1.82, 2.24) is 10.3 Å². The number of nitrogens with one attached hydrogen (secondary N) is 2. The minimum atomic E-state index is 0.184. The monoisotopic (exact) mass is 301 g/mol. The molecule has 1 saturated heterocycles. The van der Waals surface area contributed by atoms with E-state index in [1.807, 2.05) is 25.1 Å². The highest BCUT2D eigenvalue weighted by Gasteiger charge is 2.57. The Morgan fingerprint density at radius 1 is 1.43 bits per heavy atom. The summed E-state index contributed by atoms with van der Waals surface area (Å²) in [7, 11) is 0. The Balaban J connectivity index is 1.48. The molecule has 2 heterocycles.